The van der Waals surface area contributed by atoms with Crippen molar-refractivity contribution in [3.63, 3.8) is 0 Å². The molecule has 0 spiro atoms. The summed E-state index contributed by atoms with van der Waals surface area (Å²) in [6.45, 7) is 0.391. The highest BCUT2D eigenvalue weighted by molar-refractivity contribution is 14.1. The van der Waals surface area contributed by atoms with E-state index in [0.717, 1.165) is 44.9 Å². The molecule has 0 bridgehead atoms. The number of benzene rings is 1. The zero-order valence-electron chi connectivity index (χ0n) is 22.9. The molecule has 0 aromatic heterocycles. The van der Waals surface area contributed by atoms with Crippen molar-refractivity contribution in [2.45, 2.75) is 88.2 Å². The molecule has 1 aliphatic heterocycles. The van der Waals surface area contributed by atoms with Gasteiger partial charge in [0.1, 0.15) is 24.6 Å². The van der Waals surface area contributed by atoms with Gasteiger partial charge in [-0.25, -0.2) is 0 Å². The number of hydrogen-bond acceptors (Lipinski definition) is 8. The van der Waals surface area contributed by atoms with Crippen LogP contribution in [0.2, 0.25) is 0 Å². The van der Waals surface area contributed by atoms with Gasteiger partial charge >= 0.3 is 0 Å². The van der Waals surface area contributed by atoms with Crippen LogP contribution in [0, 0.1) is 3.57 Å². The van der Waals surface area contributed by atoms with Crippen molar-refractivity contribution in [3.8, 4) is 11.5 Å². The maximum atomic E-state index is 14.0. The highest BCUT2D eigenvalue weighted by Crippen LogP contribution is 2.38. The van der Waals surface area contributed by atoms with Gasteiger partial charge in [-0.05, 0) is 66.5 Å². The Morgan fingerprint density at radius 2 is 1.93 bits per heavy atom. The lowest BCUT2D eigenvalue weighted by Crippen LogP contribution is -2.59. The number of aldehydes is 1. The molecule has 0 radical (unpaired) electrons. The predicted molar refractivity (Wildman–Crippen MR) is 155 cm³/mol. The third-order valence-corrected chi connectivity index (χ3v) is 8.69. The van der Waals surface area contributed by atoms with Crippen LogP contribution in [0.5, 0.6) is 11.5 Å². The van der Waals surface area contributed by atoms with Gasteiger partial charge in [0.2, 0.25) is 5.91 Å². The molecule has 1 saturated carbocycles. The van der Waals surface area contributed by atoms with Crippen molar-refractivity contribution in [1.82, 2.24) is 10.2 Å². The first kappa shape index (κ1) is 30.7. The Balaban J connectivity index is 1.72. The van der Waals surface area contributed by atoms with Crippen molar-refractivity contribution >= 4 is 40.7 Å². The predicted octanol–water partition coefficient (Wildman–Crippen LogP) is 2.76. The summed E-state index contributed by atoms with van der Waals surface area (Å²) in [5.41, 5.74) is 0.781. The van der Waals surface area contributed by atoms with Gasteiger partial charge < -0.3 is 34.6 Å². The number of aliphatic hydroxyl groups is 2. The quantitative estimate of drug-likeness (QED) is 0.197. The molecule has 10 nitrogen and oxygen atoms in total. The molecule has 4 rings (SSSR count). The third kappa shape index (κ3) is 7.15. The fourth-order valence-electron chi connectivity index (χ4n) is 5.90. The standard InChI is InChI=1S/C29H39IN2O8/c1-38-25-14-18(17-34)13-21(30)27(25)40-24-16-19(28(36)31-10-11-33)15-22(26(24)35)32(20-7-4-2-3-5-8-20)29(37)23-9-6-12-39-23/h13-14,16-17,20,22-24,26,33,35H,2-12,15H2,1H3,(H,31,36)/t22-,23?,24+,26+/m1/s1. The van der Waals surface area contributed by atoms with Crippen LogP contribution in [-0.2, 0) is 14.3 Å². The second-order valence-electron chi connectivity index (χ2n) is 10.6. The van der Waals surface area contributed by atoms with Crippen molar-refractivity contribution in [2.24, 2.45) is 0 Å². The van der Waals surface area contributed by atoms with Gasteiger partial charge in [-0.15, -0.1) is 0 Å². The minimum absolute atomic E-state index is 0.0784. The number of amides is 2. The molecule has 40 heavy (non-hydrogen) atoms. The number of ether oxygens (including phenoxy) is 3. The topological polar surface area (TPSA) is 135 Å². The molecule has 1 saturated heterocycles. The smallest absolute Gasteiger partial charge is 0.252 e. The minimum atomic E-state index is -1.14. The fourth-order valence-corrected chi connectivity index (χ4v) is 6.65. The van der Waals surface area contributed by atoms with Crippen LogP contribution in [0.1, 0.15) is 68.1 Å². The minimum Gasteiger partial charge on any atom is -0.493 e. The summed E-state index contributed by atoms with van der Waals surface area (Å²) in [6.07, 6.45) is 6.99. The number of hydrogen-bond donors (Lipinski definition) is 3. The van der Waals surface area contributed by atoms with Gasteiger partial charge in [0.15, 0.2) is 11.5 Å². The van der Waals surface area contributed by atoms with Crippen LogP contribution >= 0.6 is 22.6 Å². The van der Waals surface area contributed by atoms with Crippen molar-refractivity contribution < 1.29 is 38.8 Å². The van der Waals surface area contributed by atoms with Crippen LogP contribution in [-0.4, -0.2) is 90.5 Å². The Morgan fingerprint density at radius 1 is 1.18 bits per heavy atom. The Kier molecular flexibility index (Phi) is 11.2. The average Bonchev–Trinajstić information content (AvgIpc) is 3.38. The molecular weight excluding hydrogens is 631 g/mol. The van der Waals surface area contributed by atoms with E-state index in [1.807, 2.05) is 22.6 Å². The zero-order valence-corrected chi connectivity index (χ0v) is 25.0. The molecule has 1 aromatic carbocycles. The molecule has 3 N–H and O–H groups in total. The van der Waals surface area contributed by atoms with E-state index in [4.69, 9.17) is 14.2 Å². The molecular formula is C29H39IN2O8. The van der Waals surface area contributed by atoms with Gasteiger partial charge in [0.05, 0.1) is 23.3 Å². The molecule has 1 heterocycles. The Hall–Kier alpha value is -2.22. The summed E-state index contributed by atoms with van der Waals surface area (Å²) in [6, 6.07) is 2.40. The van der Waals surface area contributed by atoms with Crippen LogP contribution in [0.4, 0.5) is 0 Å². The van der Waals surface area contributed by atoms with Crippen molar-refractivity contribution in [3.05, 3.63) is 32.9 Å². The molecule has 1 unspecified atom stereocenters. The number of rotatable bonds is 10. The number of halogens is 1. The molecule has 220 valence electrons. The number of nitrogens with one attached hydrogen (secondary N) is 1. The lowest BCUT2D eigenvalue weighted by molar-refractivity contribution is -0.152. The van der Waals surface area contributed by atoms with Crippen LogP contribution in [0.15, 0.2) is 23.8 Å². The summed E-state index contributed by atoms with van der Waals surface area (Å²) in [5.74, 6) is 0.116. The van der Waals surface area contributed by atoms with Crippen LogP contribution < -0.4 is 14.8 Å². The van der Waals surface area contributed by atoms with Crippen molar-refractivity contribution in [1.29, 1.82) is 0 Å². The third-order valence-electron chi connectivity index (χ3n) is 7.89. The Bertz CT molecular complexity index is 1080. The summed E-state index contributed by atoms with van der Waals surface area (Å²) >= 11 is 2.04. The number of methoxy groups -OCH3 is 1. The highest BCUT2D eigenvalue weighted by Gasteiger charge is 2.45. The summed E-state index contributed by atoms with van der Waals surface area (Å²) < 4.78 is 18.2. The average molecular weight is 671 g/mol. The summed E-state index contributed by atoms with van der Waals surface area (Å²) in [5, 5.41) is 23.8. The lowest BCUT2D eigenvalue weighted by atomic mass is 9.86. The van der Waals surface area contributed by atoms with E-state index in [1.54, 1.807) is 23.1 Å². The van der Waals surface area contributed by atoms with E-state index in [-0.39, 0.29) is 37.4 Å². The second kappa shape index (κ2) is 14.6. The van der Waals surface area contributed by atoms with Gasteiger partial charge in [-0.2, -0.15) is 0 Å². The Morgan fingerprint density at radius 3 is 2.55 bits per heavy atom. The van der Waals surface area contributed by atoms with E-state index in [9.17, 15) is 24.6 Å². The molecule has 4 atom stereocenters. The Labute approximate surface area is 248 Å². The summed E-state index contributed by atoms with van der Waals surface area (Å²) in [4.78, 5) is 40.3. The van der Waals surface area contributed by atoms with E-state index < -0.39 is 24.4 Å². The number of carbonyl (C=O) groups excluding carboxylic acids is 3. The van der Waals surface area contributed by atoms with Gasteiger partial charge in [0.25, 0.3) is 5.91 Å². The normalized spacial score (nSPS) is 25.4. The molecule has 2 amide bonds. The molecule has 2 fully saturated rings. The molecule has 1 aromatic rings. The van der Waals surface area contributed by atoms with E-state index >= 15 is 0 Å². The first-order chi connectivity index (χ1) is 19.4. The first-order valence-corrected chi connectivity index (χ1v) is 15.2. The van der Waals surface area contributed by atoms with E-state index in [1.165, 1.54) is 7.11 Å². The number of nitrogens with zero attached hydrogens (tertiary/aromatic N) is 1. The fraction of sp³-hybridized carbons (Fsp3) is 0.621. The number of aliphatic hydroxyl groups excluding tert-OH is 2. The summed E-state index contributed by atoms with van der Waals surface area (Å²) in [7, 11) is 1.46. The van der Waals surface area contributed by atoms with E-state index in [0.29, 0.717) is 45.5 Å². The molecule has 11 heteroatoms. The molecule has 2 aliphatic carbocycles. The lowest BCUT2D eigenvalue weighted by Gasteiger charge is -2.45. The zero-order chi connectivity index (χ0) is 28.6. The largest absolute Gasteiger partial charge is 0.493 e. The van der Waals surface area contributed by atoms with Gasteiger partial charge in [0, 0.05) is 36.8 Å². The molecule has 3 aliphatic rings. The van der Waals surface area contributed by atoms with Gasteiger partial charge in [-0.1, -0.05) is 25.7 Å². The second-order valence-corrected chi connectivity index (χ2v) is 11.7. The van der Waals surface area contributed by atoms with Gasteiger partial charge in [-0.3, -0.25) is 14.4 Å². The number of carbonyl (C=O) groups is 3. The SMILES string of the molecule is COc1cc(C=O)cc(I)c1O[C@H]1C=C(C(=O)NCCO)C[C@@H](N(C(=O)C2CCCO2)C2CCCCCC2)[C@@H]1O. The van der Waals surface area contributed by atoms with Crippen LogP contribution in [0.3, 0.4) is 0 Å². The maximum absolute atomic E-state index is 14.0. The highest BCUT2D eigenvalue weighted by atomic mass is 127. The van der Waals surface area contributed by atoms with E-state index in [2.05, 4.69) is 5.32 Å². The van der Waals surface area contributed by atoms with Crippen LogP contribution in [0.25, 0.3) is 0 Å². The maximum Gasteiger partial charge on any atom is 0.252 e. The first-order valence-electron chi connectivity index (χ1n) is 14.1. The monoisotopic (exact) mass is 670 g/mol. The van der Waals surface area contributed by atoms with Crippen molar-refractivity contribution in [2.75, 3.05) is 26.9 Å².